The van der Waals surface area contributed by atoms with E-state index in [1.165, 1.54) is 44.2 Å². The maximum absolute atomic E-state index is 6.06. The zero-order valence-electron chi connectivity index (χ0n) is 14.2. The van der Waals surface area contributed by atoms with Gasteiger partial charge in [-0.15, -0.1) is 0 Å². The molecule has 0 bridgehead atoms. The molecule has 1 aromatic heterocycles. The van der Waals surface area contributed by atoms with Gasteiger partial charge in [0.15, 0.2) is 0 Å². The lowest BCUT2D eigenvalue weighted by Gasteiger charge is -2.08. The molecule has 122 valence electrons. The average Bonchev–Trinajstić information content (AvgIpc) is 3.25. The highest BCUT2D eigenvalue weighted by molar-refractivity contribution is 6.12. The van der Waals surface area contributed by atoms with Crippen molar-refractivity contribution in [3.8, 4) is 22.3 Å². The number of hydrogen-bond acceptors (Lipinski definition) is 1. The zero-order valence-corrected chi connectivity index (χ0v) is 14.2. The van der Waals surface area contributed by atoms with Crippen LogP contribution in [-0.2, 0) is 6.42 Å². The molecule has 1 aliphatic rings. The Kier molecular flexibility index (Phi) is 2.72. The molecule has 0 aliphatic heterocycles. The number of benzene rings is 4. The normalized spacial score (nSPS) is 12.5. The molecule has 0 atom stereocenters. The Morgan fingerprint density at radius 1 is 0.577 bits per heavy atom. The number of para-hydroxylation sites is 1. The van der Waals surface area contributed by atoms with E-state index in [0.29, 0.717) is 0 Å². The molecule has 0 saturated heterocycles. The molecule has 1 heteroatoms. The van der Waals surface area contributed by atoms with Crippen LogP contribution in [0.25, 0.3) is 44.2 Å². The van der Waals surface area contributed by atoms with Gasteiger partial charge in [0.25, 0.3) is 0 Å². The third-order valence-electron chi connectivity index (χ3n) is 5.51. The second-order valence-corrected chi connectivity index (χ2v) is 6.98. The predicted octanol–water partition coefficient (Wildman–Crippen LogP) is 6.82. The summed E-state index contributed by atoms with van der Waals surface area (Å²) in [6.45, 7) is 0. The number of rotatable bonds is 1. The molecule has 1 nitrogen and oxygen atoms in total. The monoisotopic (exact) mass is 332 g/mol. The van der Waals surface area contributed by atoms with E-state index in [1.54, 1.807) is 0 Å². The summed E-state index contributed by atoms with van der Waals surface area (Å²) in [5.41, 5.74) is 9.95. The standard InChI is InChI=1S/C25H16O/c1-2-7-19-16(6-1)14-17-12-13-18(15-22(17)19)20-9-5-11-24-25(20)21-8-3-4-10-23(21)26-24/h1-13,15H,14H2. The SMILES string of the molecule is c1ccc2c(c1)Cc1ccc(-c3cccc4oc5ccccc5c34)cc1-2. The maximum atomic E-state index is 6.06. The minimum Gasteiger partial charge on any atom is -0.456 e. The molecule has 0 saturated carbocycles. The fourth-order valence-electron chi connectivity index (χ4n) is 4.31. The molecular formula is C25H16O. The van der Waals surface area contributed by atoms with Crippen LogP contribution in [0, 0.1) is 0 Å². The van der Waals surface area contributed by atoms with Crippen molar-refractivity contribution in [3.05, 3.63) is 96.1 Å². The van der Waals surface area contributed by atoms with Crippen molar-refractivity contribution >= 4 is 21.9 Å². The lowest BCUT2D eigenvalue weighted by Crippen LogP contribution is -1.84. The quantitative estimate of drug-likeness (QED) is 0.322. The molecule has 0 spiro atoms. The van der Waals surface area contributed by atoms with Crippen LogP contribution in [-0.4, -0.2) is 0 Å². The van der Waals surface area contributed by atoms with Gasteiger partial charge in [-0.3, -0.25) is 0 Å². The van der Waals surface area contributed by atoms with Gasteiger partial charge in [0, 0.05) is 10.8 Å². The Morgan fingerprint density at radius 3 is 2.35 bits per heavy atom. The second kappa shape index (κ2) is 5.09. The Labute approximate surface area is 151 Å². The third-order valence-corrected chi connectivity index (χ3v) is 5.51. The van der Waals surface area contributed by atoms with Crippen LogP contribution >= 0.6 is 0 Å². The van der Waals surface area contributed by atoms with E-state index < -0.39 is 0 Å². The summed E-state index contributed by atoms with van der Waals surface area (Å²) >= 11 is 0. The minimum absolute atomic E-state index is 0.946. The lowest BCUT2D eigenvalue weighted by atomic mass is 9.95. The highest BCUT2D eigenvalue weighted by Gasteiger charge is 2.19. The van der Waals surface area contributed by atoms with Gasteiger partial charge in [-0.1, -0.05) is 66.7 Å². The Balaban J connectivity index is 1.64. The van der Waals surface area contributed by atoms with Gasteiger partial charge < -0.3 is 4.42 Å². The first-order valence-corrected chi connectivity index (χ1v) is 9.00. The molecule has 0 fully saturated rings. The van der Waals surface area contributed by atoms with Gasteiger partial charge in [-0.05, 0) is 58.0 Å². The molecule has 0 N–H and O–H groups in total. The average molecular weight is 332 g/mol. The second-order valence-electron chi connectivity index (χ2n) is 6.98. The summed E-state index contributed by atoms with van der Waals surface area (Å²) in [4.78, 5) is 0. The van der Waals surface area contributed by atoms with E-state index in [4.69, 9.17) is 4.42 Å². The van der Waals surface area contributed by atoms with E-state index >= 15 is 0 Å². The first-order valence-electron chi connectivity index (χ1n) is 9.00. The van der Waals surface area contributed by atoms with Crippen molar-refractivity contribution in [1.82, 2.24) is 0 Å². The number of hydrogen-bond donors (Lipinski definition) is 0. The van der Waals surface area contributed by atoms with Gasteiger partial charge >= 0.3 is 0 Å². The van der Waals surface area contributed by atoms with Crippen molar-refractivity contribution in [2.24, 2.45) is 0 Å². The molecule has 4 aromatic carbocycles. The Bertz CT molecular complexity index is 1310. The summed E-state index contributed by atoms with van der Waals surface area (Å²) < 4.78 is 6.06. The molecule has 0 amide bonds. The molecule has 0 unspecified atom stereocenters. The van der Waals surface area contributed by atoms with Crippen molar-refractivity contribution in [2.75, 3.05) is 0 Å². The smallest absolute Gasteiger partial charge is 0.136 e. The highest BCUT2D eigenvalue weighted by atomic mass is 16.3. The van der Waals surface area contributed by atoms with Crippen LogP contribution in [0.4, 0.5) is 0 Å². The van der Waals surface area contributed by atoms with E-state index in [1.807, 2.05) is 12.1 Å². The first-order chi connectivity index (χ1) is 12.9. The van der Waals surface area contributed by atoms with Gasteiger partial charge in [0.2, 0.25) is 0 Å². The zero-order chi connectivity index (χ0) is 17.1. The summed E-state index contributed by atoms with van der Waals surface area (Å²) in [6, 6.07) is 30.2. The first kappa shape index (κ1) is 13.9. The van der Waals surface area contributed by atoms with Crippen LogP contribution in [0.5, 0.6) is 0 Å². The fraction of sp³-hybridized carbons (Fsp3) is 0.0400. The minimum atomic E-state index is 0.946. The van der Waals surface area contributed by atoms with Gasteiger partial charge in [-0.2, -0.15) is 0 Å². The van der Waals surface area contributed by atoms with E-state index in [9.17, 15) is 0 Å². The summed E-state index contributed by atoms with van der Waals surface area (Å²) in [7, 11) is 0. The van der Waals surface area contributed by atoms with Gasteiger partial charge in [-0.25, -0.2) is 0 Å². The molecule has 6 rings (SSSR count). The van der Waals surface area contributed by atoms with Crippen molar-refractivity contribution in [2.45, 2.75) is 6.42 Å². The van der Waals surface area contributed by atoms with Crippen LogP contribution < -0.4 is 0 Å². The van der Waals surface area contributed by atoms with Crippen LogP contribution in [0.3, 0.4) is 0 Å². The van der Waals surface area contributed by atoms with Crippen LogP contribution in [0.2, 0.25) is 0 Å². The lowest BCUT2D eigenvalue weighted by molar-refractivity contribution is 0.669. The van der Waals surface area contributed by atoms with E-state index in [2.05, 4.69) is 72.8 Å². The van der Waals surface area contributed by atoms with Gasteiger partial charge in [0.05, 0.1) is 0 Å². The van der Waals surface area contributed by atoms with Gasteiger partial charge in [0.1, 0.15) is 11.2 Å². The summed E-state index contributed by atoms with van der Waals surface area (Å²) in [6.07, 6.45) is 1.03. The fourth-order valence-corrected chi connectivity index (χ4v) is 4.31. The Hall–Kier alpha value is -3.32. The molecule has 26 heavy (non-hydrogen) atoms. The van der Waals surface area contributed by atoms with Crippen LogP contribution in [0.15, 0.2) is 89.3 Å². The Morgan fingerprint density at radius 2 is 1.35 bits per heavy atom. The van der Waals surface area contributed by atoms with Crippen molar-refractivity contribution in [3.63, 3.8) is 0 Å². The van der Waals surface area contributed by atoms with Crippen molar-refractivity contribution in [1.29, 1.82) is 0 Å². The molecule has 5 aromatic rings. The maximum Gasteiger partial charge on any atom is 0.136 e. The molecular weight excluding hydrogens is 316 g/mol. The predicted molar refractivity (Wildman–Crippen MR) is 107 cm³/mol. The van der Waals surface area contributed by atoms with Crippen LogP contribution in [0.1, 0.15) is 11.1 Å². The van der Waals surface area contributed by atoms with E-state index in [0.717, 1.165) is 17.6 Å². The summed E-state index contributed by atoms with van der Waals surface area (Å²) in [5, 5.41) is 2.38. The molecule has 1 aliphatic carbocycles. The highest BCUT2D eigenvalue weighted by Crippen LogP contribution is 2.41. The largest absolute Gasteiger partial charge is 0.456 e. The molecule has 1 heterocycles. The van der Waals surface area contributed by atoms with Crippen molar-refractivity contribution < 1.29 is 4.42 Å². The topological polar surface area (TPSA) is 13.1 Å². The number of furan rings is 1. The molecule has 0 radical (unpaired) electrons. The summed E-state index contributed by atoms with van der Waals surface area (Å²) in [5.74, 6) is 0. The number of fused-ring (bicyclic) bond motifs is 6. The third kappa shape index (κ3) is 1.86. The van der Waals surface area contributed by atoms with E-state index in [-0.39, 0.29) is 0 Å².